The predicted octanol–water partition coefficient (Wildman–Crippen LogP) is 2.63. The first-order valence-electron chi connectivity index (χ1n) is 10.8. The maximum atomic E-state index is 12.8. The molecule has 0 bridgehead atoms. The summed E-state index contributed by atoms with van der Waals surface area (Å²) in [6.07, 6.45) is 1.18. The largest absolute Gasteiger partial charge is 0.507 e. The van der Waals surface area contributed by atoms with Crippen LogP contribution in [-0.4, -0.2) is 51.8 Å². The Kier molecular flexibility index (Phi) is 10.0. The van der Waals surface area contributed by atoms with E-state index in [0.29, 0.717) is 16.7 Å². The average Bonchev–Trinajstić information content (AvgIpc) is 2.83. The lowest BCUT2D eigenvalue weighted by atomic mass is 10.0. The van der Waals surface area contributed by atoms with Gasteiger partial charge in [-0.05, 0) is 47.9 Å². The number of sulfonamides is 1. The van der Waals surface area contributed by atoms with Gasteiger partial charge in [0.2, 0.25) is 10.0 Å². The van der Waals surface area contributed by atoms with E-state index < -0.39 is 42.3 Å². The Hall–Kier alpha value is -3.49. The van der Waals surface area contributed by atoms with Crippen LogP contribution in [0.5, 0.6) is 11.5 Å². The summed E-state index contributed by atoms with van der Waals surface area (Å²) in [5.74, 6) is -1.48. The molecule has 0 heterocycles. The molecule has 3 aromatic rings. The van der Waals surface area contributed by atoms with E-state index in [2.05, 4.69) is 4.72 Å². The van der Waals surface area contributed by atoms with Gasteiger partial charge in [0.25, 0.3) is 0 Å². The molecule has 0 aliphatic carbocycles. The fraction of sp³-hybridized carbons (Fsp3) is 0.167. The van der Waals surface area contributed by atoms with E-state index in [-0.39, 0.29) is 41.6 Å². The van der Waals surface area contributed by atoms with Crippen LogP contribution in [0.1, 0.15) is 18.1 Å². The average molecular weight is 584 g/mol. The van der Waals surface area contributed by atoms with Crippen LogP contribution in [0.3, 0.4) is 0 Å². The number of aromatic hydroxyl groups is 1. The number of nitrogens with one attached hydrogen (secondary N) is 3. The van der Waals surface area contributed by atoms with Crippen molar-refractivity contribution in [3.05, 3.63) is 71.8 Å². The molecular weight excluding hydrogens is 558 g/mol. The Morgan fingerprint density at radius 1 is 1.00 bits per heavy atom. The van der Waals surface area contributed by atoms with E-state index in [9.17, 15) is 26.7 Å². The topological polar surface area (TPSA) is 183 Å². The molecule has 0 aliphatic rings. The molecule has 14 heteroatoms. The third kappa shape index (κ3) is 7.30. The van der Waals surface area contributed by atoms with E-state index in [4.69, 9.17) is 15.4 Å². The van der Waals surface area contributed by atoms with Crippen molar-refractivity contribution in [1.29, 1.82) is 5.41 Å². The van der Waals surface area contributed by atoms with Gasteiger partial charge in [0.05, 0.1) is 4.90 Å². The van der Waals surface area contributed by atoms with Crippen molar-refractivity contribution in [3.8, 4) is 22.6 Å². The number of phenolic OH excluding ortho intramolecular Hbond substituents is 1. The number of sulfone groups is 1. The molecule has 0 amide bonds. The smallest absolute Gasteiger partial charge is 0.308 e. The van der Waals surface area contributed by atoms with Gasteiger partial charge in [-0.25, -0.2) is 21.6 Å². The van der Waals surface area contributed by atoms with E-state index in [1.165, 1.54) is 25.1 Å². The minimum atomic E-state index is -4.21. The lowest BCUT2D eigenvalue weighted by Gasteiger charge is -2.14. The number of hydroxylamine groups is 1. The van der Waals surface area contributed by atoms with Crippen LogP contribution in [0, 0.1) is 5.41 Å². The fourth-order valence-corrected chi connectivity index (χ4v) is 5.62. The number of benzene rings is 3. The fourth-order valence-electron chi connectivity index (χ4n) is 3.55. The lowest BCUT2D eigenvalue weighted by molar-refractivity contribution is -0.131. The van der Waals surface area contributed by atoms with Crippen molar-refractivity contribution in [3.63, 3.8) is 0 Å². The summed E-state index contributed by atoms with van der Waals surface area (Å²) in [6, 6.07) is 14.5. The Morgan fingerprint density at radius 2 is 1.68 bits per heavy atom. The SMILES string of the molecule is CC(=O)Oc1cc(-c2ccccc2S(C)(=O)=O)ccc1CCNS(=O)(=O)c1cc(C(=N)NO)ccc1O.Cl. The first-order valence-corrected chi connectivity index (χ1v) is 14.1. The zero-order chi connectivity index (χ0) is 27.4. The molecule has 38 heavy (non-hydrogen) atoms. The van der Waals surface area contributed by atoms with Gasteiger partial charge in [-0.2, -0.15) is 0 Å². The number of hydrogen-bond acceptors (Lipinski definition) is 9. The summed E-state index contributed by atoms with van der Waals surface area (Å²) in [7, 11) is -7.75. The van der Waals surface area contributed by atoms with Gasteiger partial charge in [-0.15, -0.1) is 12.4 Å². The first kappa shape index (κ1) is 30.7. The number of carbonyl (C=O) groups excluding carboxylic acids is 1. The number of ether oxygens (including phenoxy) is 1. The number of carbonyl (C=O) groups is 1. The molecule has 204 valence electrons. The first-order chi connectivity index (χ1) is 17.3. The highest BCUT2D eigenvalue weighted by Gasteiger charge is 2.21. The molecule has 0 spiro atoms. The number of hydrogen-bond donors (Lipinski definition) is 5. The molecule has 0 saturated heterocycles. The lowest BCUT2D eigenvalue weighted by Crippen LogP contribution is -2.27. The number of esters is 1. The zero-order valence-electron chi connectivity index (χ0n) is 20.3. The molecule has 5 N–H and O–H groups in total. The Balaban J connectivity index is 0.00000507. The molecule has 0 aliphatic heterocycles. The van der Waals surface area contributed by atoms with Crippen molar-refractivity contribution >= 4 is 44.1 Å². The van der Waals surface area contributed by atoms with Crippen molar-refractivity contribution in [2.75, 3.05) is 12.8 Å². The minimum Gasteiger partial charge on any atom is -0.507 e. The van der Waals surface area contributed by atoms with Gasteiger partial charge in [0.15, 0.2) is 9.84 Å². The number of rotatable bonds is 9. The third-order valence-electron chi connectivity index (χ3n) is 5.25. The molecular formula is C24H26ClN3O8S2. The van der Waals surface area contributed by atoms with E-state index >= 15 is 0 Å². The Bertz CT molecular complexity index is 1580. The van der Waals surface area contributed by atoms with Crippen molar-refractivity contribution in [2.24, 2.45) is 0 Å². The van der Waals surface area contributed by atoms with Crippen LogP contribution in [0.4, 0.5) is 0 Å². The number of halogens is 1. The summed E-state index contributed by atoms with van der Waals surface area (Å²) >= 11 is 0. The van der Waals surface area contributed by atoms with Crippen LogP contribution in [0.25, 0.3) is 11.1 Å². The van der Waals surface area contributed by atoms with E-state index in [1.807, 2.05) is 0 Å². The highest BCUT2D eigenvalue weighted by atomic mass is 35.5. The third-order valence-corrected chi connectivity index (χ3v) is 7.90. The van der Waals surface area contributed by atoms with Gasteiger partial charge >= 0.3 is 5.97 Å². The number of amidine groups is 1. The molecule has 0 atom stereocenters. The monoisotopic (exact) mass is 583 g/mol. The van der Waals surface area contributed by atoms with Crippen LogP contribution in [-0.2, 0) is 31.1 Å². The highest BCUT2D eigenvalue weighted by Crippen LogP contribution is 2.32. The molecule has 0 aromatic heterocycles. The molecule has 0 saturated carbocycles. The maximum absolute atomic E-state index is 12.8. The second kappa shape index (κ2) is 12.4. The van der Waals surface area contributed by atoms with E-state index in [1.54, 1.807) is 35.8 Å². The van der Waals surface area contributed by atoms with Crippen LogP contribution >= 0.6 is 12.4 Å². The predicted molar refractivity (Wildman–Crippen MR) is 142 cm³/mol. The molecule has 0 fully saturated rings. The van der Waals surface area contributed by atoms with Gasteiger partial charge < -0.3 is 9.84 Å². The maximum Gasteiger partial charge on any atom is 0.308 e. The summed E-state index contributed by atoms with van der Waals surface area (Å²) < 4.78 is 57.6. The standard InChI is InChI=1S/C24H25N3O8S2.ClH/c1-15(28)35-21-13-17(19-5-3-4-6-22(19)36(2,31)32)8-7-16(21)11-12-26-37(33,34)23-14-18(24(25)27-30)9-10-20(23)29;/h3-10,13-14,26,29-30H,11-12H2,1-2H3,(H2,25,27);1H. The zero-order valence-corrected chi connectivity index (χ0v) is 22.7. The summed E-state index contributed by atoms with van der Waals surface area (Å²) in [5.41, 5.74) is 3.02. The Labute approximate surface area is 226 Å². The summed E-state index contributed by atoms with van der Waals surface area (Å²) in [4.78, 5) is 11.3. The van der Waals surface area contributed by atoms with Crippen molar-refractivity contribution in [2.45, 2.75) is 23.1 Å². The van der Waals surface area contributed by atoms with Crippen LogP contribution in [0.15, 0.2) is 70.5 Å². The summed E-state index contributed by atoms with van der Waals surface area (Å²) in [5, 5.41) is 26.5. The minimum absolute atomic E-state index is 0. The van der Waals surface area contributed by atoms with Crippen molar-refractivity contribution in [1.82, 2.24) is 10.2 Å². The molecule has 11 nitrogen and oxygen atoms in total. The second-order valence-electron chi connectivity index (χ2n) is 8.00. The summed E-state index contributed by atoms with van der Waals surface area (Å²) in [6.45, 7) is 1.06. The van der Waals surface area contributed by atoms with Gasteiger partial charge in [-0.1, -0.05) is 30.3 Å². The molecule has 0 unspecified atom stereocenters. The molecule has 3 aromatic carbocycles. The van der Waals surface area contributed by atoms with Crippen LogP contribution in [0.2, 0.25) is 0 Å². The second-order valence-corrected chi connectivity index (χ2v) is 11.7. The van der Waals surface area contributed by atoms with Gasteiger partial charge in [-0.3, -0.25) is 20.9 Å². The van der Waals surface area contributed by atoms with E-state index in [0.717, 1.165) is 18.4 Å². The van der Waals surface area contributed by atoms with Crippen LogP contribution < -0.4 is 14.9 Å². The quantitative estimate of drug-likeness (QED) is 0.0830. The van der Waals surface area contributed by atoms with Crippen molar-refractivity contribution < 1.29 is 36.7 Å². The normalized spacial score (nSPS) is 11.3. The Morgan fingerprint density at radius 3 is 2.32 bits per heavy atom. The van der Waals surface area contributed by atoms with Gasteiger partial charge in [0.1, 0.15) is 22.2 Å². The molecule has 3 rings (SSSR count). The van der Waals surface area contributed by atoms with Gasteiger partial charge in [0, 0.05) is 30.9 Å². The highest BCUT2D eigenvalue weighted by molar-refractivity contribution is 7.91. The number of phenols is 1. The molecule has 0 radical (unpaired) electrons.